The van der Waals surface area contributed by atoms with Crippen molar-refractivity contribution in [1.29, 1.82) is 0 Å². The lowest BCUT2D eigenvalue weighted by atomic mass is 10.0. The Labute approximate surface area is 86.6 Å². The van der Waals surface area contributed by atoms with Crippen molar-refractivity contribution in [2.45, 2.75) is 33.2 Å². The molecule has 0 saturated carbocycles. The van der Waals surface area contributed by atoms with Crippen LogP contribution in [0.25, 0.3) is 0 Å². The molecule has 0 aliphatic rings. The van der Waals surface area contributed by atoms with Crippen LogP contribution in [0.4, 0.5) is 0 Å². The molecule has 1 atom stereocenters. The van der Waals surface area contributed by atoms with Gasteiger partial charge in [0.15, 0.2) is 0 Å². The maximum absolute atomic E-state index is 6.00. The van der Waals surface area contributed by atoms with Gasteiger partial charge in [0.05, 0.1) is 0 Å². The first-order valence-corrected chi connectivity index (χ1v) is 5.04. The lowest BCUT2D eigenvalue weighted by Gasteiger charge is -2.09. The summed E-state index contributed by atoms with van der Waals surface area (Å²) in [6, 6.07) is 8.54. The maximum Gasteiger partial charge on any atom is 0.0267 e. The summed E-state index contributed by atoms with van der Waals surface area (Å²) in [5.41, 5.74) is 9.95. The fourth-order valence-electron chi connectivity index (χ4n) is 1.58. The second-order valence-corrected chi connectivity index (χ2v) is 4.04. The van der Waals surface area contributed by atoms with E-state index in [1.165, 1.54) is 16.7 Å². The lowest BCUT2D eigenvalue weighted by Crippen LogP contribution is -2.20. The molecule has 14 heavy (non-hydrogen) atoms. The highest BCUT2D eigenvalue weighted by Crippen LogP contribution is 2.10. The van der Waals surface area contributed by atoms with Gasteiger partial charge in [0.2, 0.25) is 0 Å². The Morgan fingerprint density at radius 1 is 1.36 bits per heavy atom. The highest BCUT2D eigenvalue weighted by Gasteiger charge is 2.02. The predicted molar refractivity (Wildman–Crippen MR) is 62.3 cm³/mol. The largest absolute Gasteiger partial charge is 0.324 e. The molecule has 1 heteroatoms. The summed E-state index contributed by atoms with van der Waals surface area (Å²) in [5.74, 6) is 0. The van der Waals surface area contributed by atoms with Gasteiger partial charge in [-0.15, -0.1) is 0 Å². The van der Waals surface area contributed by atoms with Gasteiger partial charge in [-0.2, -0.15) is 0 Å². The monoisotopic (exact) mass is 189 g/mol. The van der Waals surface area contributed by atoms with Gasteiger partial charge in [-0.05, 0) is 38.3 Å². The molecule has 1 aromatic rings. The van der Waals surface area contributed by atoms with E-state index in [1.54, 1.807) is 0 Å². The molecule has 0 heterocycles. The zero-order valence-electron chi connectivity index (χ0n) is 9.25. The summed E-state index contributed by atoms with van der Waals surface area (Å²) in [4.78, 5) is 0. The molecule has 2 N–H and O–H groups in total. The molecule has 1 nitrogen and oxygen atoms in total. The number of hydrogen-bond acceptors (Lipinski definition) is 1. The molecular weight excluding hydrogens is 170 g/mol. The summed E-state index contributed by atoms with van der Waals surface area (Å²) < 4.78 is 0. The van der Waals surface area contributed by atoms with E-state index in [9.17, 15) is 0 Å². The van der Waals surface area contributed by atoms with Gasteiger partial charge in [0.25, 0.3) is 0 Å². The molecule has 0 bridgehead atoms. The van der Waals surface area contributed by atoms with E-state index in [0.717, 1.165) is 6.42 Å². The Balaban J connectivity index is 2.70. The van der Waals surface area contributed by atoms with Crippen LogP contribution in [0.5, 0.6) is 0 Å². The van der Waals surface area contributed by atoms with E-state index in [1.807, 2.05) is 0 Å². The molecule has 0 radical (unpaired) electrons. The third kappa shape index (κ3) is 3.35. The topological polar surface area (TPSA) is 26.0 Å². The molecule has 0 aromatic heterocycles. The molecule has 0 aliphatic heterocycles. The van der Waals surface area contributed by atoms with Gasteiger partial charge in [0, 0.05) is 6.04 Å². The van der Waals surface area contributed by atoms with Crippen molar-refractivity contribution >= 4 is 0 Å². The van der Waals surface area contributed by atoms with E-state index >= 15 is 0 Å². The predicted octanol–water partition coefficient (Wildman–Crippen LogP) is 2.83. The summed E-state index contributed by atoms with van der Waals surface area (Å²) in [6.07, 6.45) is 3.05. The number of benzene rings is 1. The second kappa shape index (κ2) is 4.97. The van der Waals surface area contributed by atoms with Gasteiger partial charge in [-0.25, -0.2) is 0 Å². The van der Waals surface area contributed by atoms with E-state index < -0.39 is 0 Å². The Kier molecular flexibility index (Phi) is 3.90. The molecule has 0 saturated heterocycles. The Hall–Kier alpha value is -1.08. The Morgan fingerprint density at radius 3 is 2.57 bits per heavy atom. The zero-order chi connectivity index (χ0) is 10.6. The van der Waals surface area contributed by atoms with Crippen LogP contribution in [0.3, 0.4) is 0 Å². The van der Waals surface area contributed by atoms with Crippen molar-refractivity contribution in [3.8, 4) is 0 Å². The number of aryl methyl sites for hydroxylation is 1. The Morgan fingerprint density at radius 2 is 2.00 bits per heavy atom. The SMILES string of the molecule is CC(C)=CC(N)Cc1ccccc1C. The smallest absolute Gasteiger partial charge is 0.0267 e. The molecule has 0 spiro atoms. The van der Waals surface area contributed by atoms with Crippen LogP contribution in [-0.2, 0) is 6.42 Å². The van der Waals surface area contributed by atoms with Crippen LogP contribution < -0.4 is 5.73 Å². The number of hydrogen-bond donors (Lipinski definition) is 1. The minimum Gasteiger partial charge on any atom is -0.324 e. The van der Waals surface area contributed by atoms with Crippen LogP contribution in [0, 0.1) is 6.92 Å². The van der Waals surface area contributed by atoms with Gasteiger partial charge < -0.3 is 5.73 Å². The van der Waals surface area contributed by atoms with Crippen molar-refractivity contribution in [1.82, 2.24) is 0 Å². The number of allylic oxidation sites excluding steroid dienone is 1. The van der Waals surface area contributed by atoms with Crippen molar-refractivity contribution in [3.63, 3.8) is 0 Å². The van der Waals surface area contributed by atoms with Crippen LogP contribution in [-0.4, -0.2) is 6.04 Å². The third-order valence-electron chi connectivity index (χ3n) is 2.26. The molecule has 1 aromatic carbocycles. The van der Waals surface area contributed by atoms with Crippen molar-refractivity contribution in [2.24, 2.45) is 5.73 Å². The van der Waals surface area contributed by atoms with E-state index in [4.69, 9.17) is 5.73 Å². The first kappa shape index (κ1) is 11.0. The minimum atomic E-state index is 0.140. The zero-order valence-corrected chi connectivity index (χ0v) is 9.25. The second-order valence-electron chi connectivity index (χ2n) is 4.04. The fraction of sp³-hybridized carbons (Fsp3) is 0.385. The standard InChI is InChI=1S/C13H19N/c1-10(2)8-13(14)9-12-7-5-4-6-11(12)3/h4-8,13H,9,14H2,1-3H3. The van der Waals surface area contributed by atoms with Gasteiger partial charge in [0.1, 0.15) is 0 Å². The highest BCUT2D eigenvalue weighted by molar-refractivity contribution is 5.27. The normalized spacial score (nSPS) is 12.3. The molecule has 1 rings (SSSR count). The molecule has 0 fully saturated rings. The fourth-order valence-corrected chi connectivity index (χ4v) is 1.58. The van der Waals surface area contributed by atoms with Crippen LogP contribution in [0.15, 0.2) is 35.9 Å². The van der Waals surface area contributed by atoms with E-state index in [-0.39, 0.29) is 6.04 Å². The van der Waals surface area contributed by atoms with Gasteiger partial charge in [-0.3, -0.25) is 0 Å². The summed E-state index contributed by atoms with van der Waals surface area (Å²) in [7, 11) is 0. The van der Waals surface area contributed by atoms with Crippen LogP contribution in [0.2, 0.25) is 0 Å². The van der Waals surface area contributed by atoms with Crippen LogP contribution in [0.1, 0.15) is 25.0 Å². The quantitative estimate of drug-likeness (QED) is 0.727. The van der Waals surface area contributed by atoms with Crippen LogP contribution >= 0.6 is 0 Å². The third-order valence-corrected chi connectivity index (χ3v) is 2.26. The molecular formula is C13H19N. The average Bonchev–Trinajstić information content (AvgIpc) is 2.07. The summed E-state index contributed by atoms with van der Waals surface area (Å²) in [6.45, 7) is 6.29. The lowest BCUT2D eigenvalue weighted by molar-refractivity contribution is 0.798. The average molecular weight is 189 g/mol. The first-order chi connectivity index (χ1) is 6.59. The molecule has 0 amide bonds. The minimum absolute atomic E-state index is 0.140. The highest BCUT2D eigenvalue weighted by atomic mass is 14.6. The Bertz CT molecular complexity index is 322. The summed E-state index contributed by atoms with van der Waals surface area (Å²) in [5, 5.41) is 0. The van der Waals surface area contributed by atoms with Gasteiger partial charge in [-0.1, -0.05) is 35.9 Å². The van der Waals surface area contributed by atoms with E-state index in [2.05, 4.69) is 51.1 Å². The van der Waals surface area contributed by atoms with Crippen molar-refractivity contribution in [2.75, 3.05) is 0 Å². The first-order valence-electron chi connectivity index (χ1n) is 5.04. The number of nitrogens with two attached hydrogens (primary N) is 1. The number of rotatable bonds is 3. The molecule has 76 valence electrons. The molecule has 0 aliphatic carbocycles. The van der Waals surface area contributed by atoms with Crippen molar-refractivity contribution < 1.29 is 0 Å². The van der Waals surface area contributed by atoms with Gasteiger partial charge >= 0.3 is 0 Å². The maximum atomic E-state index is 6.00. The van der Waals surface area contributed by atoms with Crippen molar-refractivity contribution in [3.05, 3.63) is 47.0 Å². The van der Waals surface area contributed by atoms with E-state index in [0.29, 0.717) is 0 Å². The molecule has 1 unspecified atom stereocenters. The summed E-state index contributed by atoms with van der Waals surface area (Å²) >= 11 is 0.